The molecule has 5 nitrogen and oxygen atoms in total. The van der Waals surface area contributed by atoms with Crippen LogP contribution >= 0.6 is 11.3 Å². The lowest BCUT2D eigenvalue weighted by atomic mass is 10.0. The first kappa shape index (κ1) is 19.0. The Hall–Kier alpha value is -2.35. The largest absolute Gasteiger partial charge is 0.508 e. The van der Waals surface area contributed by atoms with Crippen LogP contribution in [0.4, 0.5) is 5.69 Å². The minimum absolute atomic E-state index is 0.00966. The molecule has 1 saturated heterocycles. The van der Waals surface area contributed by atoms with Crippen molar-refractivity contribution < 1.29 is 13.5 Å². The first-order valence-electron chi connectivity index (χ1n) is 9.17. The second-order valence-electron chi connectivity index (χ2n) is 6.85. The summed E-state index contributed by atoms with van der Waals surface area (Å²) in [5, 5.41) is 11.4. The molecule has 7 heteroatoms. The maximum Gasteiger partial charge on any atom is 0.252 e. The van der Waals surface area contributed by atoms with Crippen molar-refractivity contribution in [3.05, 3.63) is 77.7 Å². The van der Waals surface area contributed by atoms with Gasteiger partial charge in [0.05, 0.1) is 0 Å². The number of phenolic OH excluding ortho intramolecular Hbond substituents is 1. The summed E-state index contributed by atoms with van der Waals surface area (Å²) in [6, 6.07) is 20.7. The van der Waals surface area contributed by atoms with Crippen LogP contribution in [0.15, 0.2) is 76.3 Å². The molecule has 4 rings (SSSR count). The van der Waals surface area contributed by atoms with Crippen molar-refractivity contribution in [3.63, 3.8) is 0 Å². The lowest BCUT2D eigenvalue weighted by Gasteiger charge is -2.42. The SMILES string of the molecule is O=S(=O)(c1cccs1)N1CCN(c2ccc(O)cc2)[C@@H](Cc2ccccc2)C1. The summed E-state index contributed by atoms with van der Waals surface area (Å²) >= 11 is 1.26. The number of aromatic hydroxyl groups is 1. The number of sulfonamides is 1. The van der Waals surface area contributed by atoms with E-state index in [-0.39, 0.29) is 11.8 Å². The van der Waals surface area contributed by atoms with Crippen molar-refractivity contribution in [3.8, 4) is 5.75 Å². The van der Waals surface area contributed by atoms with E-state index < -0.39 is 10.0 Å². The summed E-state index contributed by atoms with van der Waals surface area (Å²) in [6.07, 6.45) is 0.748. The van der Waals surface area contributed by atoms with Crippen molar-refractivity contribution in [2.45, 2.75) is 16.7 Å². The number of nitrogens with zero attached hydrogens (tertiary/aromatic N) is 2. The van der Waals surface area contributed by atoms with E-state index in [1.165, 1.54) is 16.9 Å². The van der Waals surface area contributed by atoms with Gasteiger partial charge in [-0.1, -0.05) is 36.4 Å². The average molecular weight is 415 g/mol. The summed E-state index contributed by atoms with van der Waals surface area (Å²) in [7, 11) is -3.47. The van der Waals surface area contributed by atoms with Gasteiger partial charge >= 0.3 is 0 Å². The quantitative estimate of drug-likeness (QED) is 0.693. The van der Waals surface area contributed by atoms with Gasteiger partial charge in [-0.25, -0.2) is 8.42 Å². The molecular weight excluding hydrogens is 392 g/mol. The maximum atomic E-state index is 13.0. The molecule has 0 amide bonds. The van der Waals surface area contributed by atoms with Crippen LogP contribution in [0.1, 0.15) is 5.56 Å². The first-order chi connectivity index (χ1) is 13.5. The Bertz CT molecular complexity index is 1000. The standard InChI is InChI=1S/C21H22N2O3S2/c24-20-10-8-18(9-11-20)23-13-12-22(28(25,26)21-7-4-14-27-21)16-19(23)15-17-5-2-1-3-6-17/h1-11,14,19,24H,12-13,15-16H2/t19-/m0/s1. The van der Waals surface area contributed by atoms with Gasteiger partial charge < -0.3 is 10.0 Å². The molecule has 2 aromatic carbocycles. The summed E-state index contributed by atoms with van der Waals surface area (Å²) < 4.78 is 28.0. The molecule has 0 aliphatic carbocycles. The number of anilines is 1. The molecule has 0 bridgehead atoms. The second-order valence-corrected chi connectivity index (χ2v) is 9.96. The normalized spacial score (nSPS) is 18.3. The molecule has 0 saturated carbocycles. The van der Waals surface area contributed by atoms with Gasteiger partial charge in [-0.3, -0.25) is 0 Å². The van der Waals surface area contributed by atoms with Crippen LogP contribution in [0.3, 0.4) is 0 Å². The molecule has 3 aromatic rings. The third-order valence-corrected chi connectivity index (χ3v) is 8.27. The summed E-state index contributed by atoms with van der Waals surface area (Å²) in [4.78, 5) is 2.24. The van der Waals surface area contributed by atoms with Gasteiger partial charge in [0.1, 0.15) is 9.96 Å². The molecule has 1 aliphatic rings. The predicted molar refractivity (Wildman–Crippen MR) is 112 cm³/mol. The zero-order valence-corrected chi connectivity index (χ0v) is 16.9. The zero-order chi connectivity index (χ0) is 19.6. The Morgan fingerprint density at radius 1 is 0.964 bits per heavy atom. The first-order valence-corrected chi connectivity index (χ1v) is 11.5. The number of piperazine rings is 1. The van der Waals surface area contributed by atoms with E-state index in [0.717, 1.165) is 12.1 Å². The fourth-order valence-corrected chi connectivity index (χ4v) is 6.24. The lowest BCUT2D eigenvalue weighted by Crippen LogP contribution is -2.55. The Morgan fingerprint density at radius 3 is 2.39 bits per heavy atom. The maximum absolute atomic E-state index is 13.0. The Balaban J connectivity index is 1.62. The molecule has 1 aromatic heterocycles. The Labute approximate surface area is 169 Å². The average Bonchev–Trinajstić information content (AvgIpc) is 3.25. The highest BCUT2D eigenvalue weighted by molar-refractivity contribution is 7.91. The van der Waals surface area contributed by atoms with Crippen molar-refractivity contribution in [2.24, 2.45) is 0 Å². The van der Waals surface area contributed by atoms with Gasteiger partial charge in [-0.2, -0.15) is 4.31 Å². The van der Waals surface area contributed by atoms with Crippen LogP contribution in [-0.2, 0) is 16.4 Å². The van der Waals surface area contributed by atoms with E-state index in [4.69, 9.17) is 0 Å². The molecule has 28 heavy (non-hydrogen) atoms. The number of thiophene rings is 1. The van der Waals surface area contributed by atoms with Crippen molar-refractivity contribution in [1.82, 2.24) is 4.31 Å². The minimum atomic E-state index is -3.47. The van der Waals surface area contributed by atoms with Crippen LogP contribution in [0.25, 0.3) is 0 Å². The number of hydrogen-bond acceptors (Lipinski definition) is 5. The van der Waals surface area contributed by atoms with E-state index in [0.29, 0.717) is 23.8 Å². The van der Waals surface area contributed by atoms with Crippen LogP contribution < -0.4 is 4.90 Å². The Kier molecular flexibility index (Phi) is 5.39. The highest BCUT2D eigenvalue weighted by Crippen LogP contribution is 2.28. The molecule has 0 radical (unpaired) electrons. The van der Waals surface area contributed by atoms with E-state index in [1.54, 1.807) is 34.0 Å². The van der Waals surface area contributed by atoms with Gasteiger partial charge in [0.2, 0.25) is 0 Å². The third-order valence-electron chi connectivity index (χ3n) is 5.03. The van der Waals surface area contributed by atoms with Gasteiger partial charge in [0, 0.05) is 31.4 Å². The second kappa shape index (κ2) is 7.95. The van der Waals surface area contributed by atoms with Crippen LogP contribution in [0, 0.1) is 0 Å². The fourth-order valence-electron chi connectivity index (χ4n) is 3.63. The summed E-state index contributed by atoms with van der Waals surface area (Å²) in [5.74, 6) is 0.224. The molecule has 146 valence electrons. The number of benzene rings is 2. The van der Waals surface area contributed by atoms with Gasteiger partial charge in [0.25, 0.3) is 10.0 Å². The highest BCUT2D eigenvalue weighted by Gasteiger charge is 2.34. The van der Waals surface area contributed by atoms with Crippen molar-refractivity contribution in [2.75, 3.05) is 24.5 Å². The van der Waals surface area contributed by atoms with Gasteiger partial charge in [-0.15, -0.1) is 11.3 Å². The van der Waals surface area contributed by atoms with Crippen LogP contribution in [-0.4, -0.2) is 43.5 Å². The van der Waals surface area contributed by atoms with E-state index in [2.05, 4.69) is 17.0 Å². The monoisotopic (exact) mass is 414 g/mol. The zero-order valence-electron chi connectivity index (χ0n) is 15.3. The minimum Gasteiger partial charge on any atom is -0.508 e. The smallest absolute Gasteiger partial charge is 0.252 e. The molecule has 0 unspecified atom stereocenters. The lowest BCUT2D eigenvalue weighted by molar-refractivity contribution is 0.331. The molecule has 1 fully saturated rings. The van der Waals surface area contributed by atoms with Gasteiger partial charge in [0.15, 0.2) is 0 Å². The van der Waals surface area contributed by atoms with Crippen molar-refractivity contribution >= 4 is 27.0 Å². The molecule has 1 aliphatic heterocycles. The molecule has 1 atom stereocenters. The summed E-state index contributed by atoms with van der Waals surface area (Å²) in [6.45, 7) is 1.47. The number of phenols is 1. The number of hydrogen-bond donors (Lipinski definition) is 1. The molecule has 0 spiro atoms. The van der Waals surface area contributed by atoms with Gasteiger partial charge in [-0.05, 0) is 47.7 Å². The Morgan fingerprint density at radius 2 is 1.71 bits per heavy atom. The number of rotatable bonds is 5. The third kappa shape index (κ3) is 3.92. The summed E-state index contributed by atoms with van der Waals surface area (Å²) in [5.41, 5.74) is 2.17. The molecule has 1 N–H and O–H groups in total. The predicted octanol–water partition coefficient (Wildman–Crippen LogP) is 3.58. The topological polar surface area (TPSA) is 60.9 Å². The van der Waals surface area contributed by atoms with E-state index >= 15 is 0 Å². The van der Waals surface area contributed by atoms with Crippen LogP contribution in [0.2, 0.25) is 0 Å². The van der Waals surface area contributed by atoms with Crippen LogP contribution in [0.5, 0.6) is 5.75 Å². The fraction of sp³-hybridized carbons (Fsp3) is 0.238. The highest BCUT2D eigenvalue weighted by atomic mass is 32.2. The van der Waals surface area contributed by atoms with E-state index in [1.807, 2.05) is 30.3 Å². The van der Waals surface area contributed by atoms with E-state index in [9.17, 15) is 13.5 Å². The molecular formula is C21H22N2O3S2. The molecule has 2 heterocycles. The van der Waals surface area contributed by atoms with Crippen molar-refractivity contribution in [1.29, 1.82) is 0 Å².